The van der Waals surface area contributed by atoms with Crippen LogP contribution >= 0.6 is 46.7 Å². The number of amides is 2. The normalized spacial score (nSPS) is 15.1. The third-order valence-corrected chi connectivity index (χ3v) is 7.58. The molecule has 1 saturated heterocycles. The van der Waals surface area contributed by atoms with Crippen LogP contribution in [0.1, 0.15) is 22.7 Å². The van der Waals surface area contributed by atoms with Crippen molar-refractivity contribution in [2.75, 3.05) is 6.54 Å². The lowest BCUT2D eigenvalue weighted by Gasteiger charge is -2.13. The lowest BCUT2D eigenvalue weighted by Crippen LogP contribution is -2.30. The molecule has 31 heavy (non-hydrogen) atoms. The van der Waals surface area contributed by atoms with Crippen molar-refractivity contribution in [3.05, 3.63) is 68.0 Å². The zero-order chi connectivity index (χ0) is 21.6. The van der Waals surface area contributed by atoms with Crippen LogP contribution in [-0.2, 0) is 16.1 Å². The molecule has 2 amide bonds. The predicted octanol–water partition coefficient (Wildman–Crippen LogP) is 5.17. The molecule has 1 N–H and O–H groups in total. The van der Waals surface area contributed by atoms with Crippen LogP contribution < -0.4 is 5.32 Å². The van der Waals surface area contributed by atoms with Crippen molar-refractivity contribution in [1.29, 1.82) is 0 Å². The van der Waals surface area contributed by atoms with Crippen molar-refractivity contribution >= 4 is 68.9 Å². The zero-order valence-corrected chi connectivity index (χ0v) is 19.7. The molecule has 0 saturated carbocycles. The molecule has 9 heteroatoms. The lowest BCUT2D eigenvalue weighted by atomic mass is 10.2. The number of nitrogens with zero attached hydrogens (tertiary/aromatic N) is 2. The minimum atomic E-state index is -0.0833. The Morgan fingerprint density at radius 2 is 2.00 bits per heavy atom. The molecule has 0 bridgehead atoms. The monoisotopic (exact) mass is 485 g/mol. The maximum Gasteiger partial charge on any atom is 0.266 e. The molecule has 0 radical (unpaired) electrons. The van der Waals surface area contributed by atoms with E-state index in [2.05, 4.69) is 10.3 Å². The molecular formula is C22H19N3O2S4. The van der Waals surface area contributed by atoms with E-state index in [4.69, 9.17) is 12.2 Å². The summed E-state index contributed by atoms with van der Waals surface area (Å²) in [5.41, 5.74) is 1.98. The van der Waals surface area contributed by atoms with Crippen LogP contribution in [0.4, 0.5) is 0 Å². The van der Waals surface area contributed by atoms with E-state index in [-0.39, 0.29) is 11.8 Å². The first-order valence-corrected chi connectivity index (χ1v) is 12.6. The fourth-order valence-electron chi connectivity index (χ4n) is 2.99. The van der Waals surface area contributed by atoms with Crippen molar-refractivity contribution in [2.45, 2.75) is 19.4 Å². The molecular weight excluding hydrogens is 467 g/mol. The first-order valence-electron chi connectivity index (χ1n) is 9.65. The average Bonchev–Trinajstić information content (AvgIpc) is 3.51. The van der Waals surface area contributed by atoms with E-state index < -0.39 is 0 Å². The molecule has 1 aliphatic rings. The van der Waals surface area contributed by atoms with Crippen LogP contribution in [0, 0.1) is 0 Å². The summed E-state index contributed by atoms with van der Waals surface area (Å²) in [6, 6.07) is 13.9. The fraction of sp³-hybridized carbons (Fsp3) is 0.182. The summed E-state index contributed by atoms with van der Waals surface area (Å²) in [6.45, 7) is 0.843. The topological polar surface area (TPSA) is 62.3 Å². The van der Waals surface area contributed by atoms with Gasteiger partial charge in [-0.25, -0.2) is 4.98 Å². The smallest absolute Gasteiger partial charge is 0.266 e. The Balaban J connectivity index is 1.22. The molecule has 1 aromatic carbocycles. The number of carbonyl (C=O) groups is 2. The second kappa shape index (κ2) is 10.3. The van der Waals surface area contributed by atoms with Gasteiger partial charge in [0.2, 0.25) is 5.91 Å². The van der Waals surface area contributed by atoms with Gasteiger partial charge in [-0.2, -0.15) is 0 Å². The third-order valence-electron chi connectivity index (χ3n) is 4.53. The van der Waals surface area contributed by atoms with Crippen LogP contribution in [0.5, 0.6) is 0 Å². The standard InChI is InChI=1S/C22H19N3O2S4/c26-19(23-13-20-24-17(14-30-20)15-6-2-1-3-7-15)9-4-10-25-21(27)18(31-22(25)28)12-16-8-5-11-29-16/h1-3,5-8,11-12,14H,4,9-10,13H2,(H,23,26)/b18-12-. The van der Waals surface area contributed by atoms with E-state index >= 15 is 0 Å². The van der Waals surface area contributed by atoms with Gasteiger partial charge in [-0.3, -0.25) is 14.5 Å². The molecule has 3 aromatic rings. The van der Waals surface area contributed by atoms with Crippen LogP contribution in [0.3, 0.4) is 0 Å². The minimum absolute atomic E-state index is 0.0592. The minimum Gasteiger partial charge on any atom is -0.350 e. The van der Waals surface area contributed by atoms with Gasteiger partial charge in [-0.05, 0) is 23.9 Å². The highest BCUT2D eigenvalue weighted by Gasteiger charge is 2.31. The number of nitrogens with one attached hydrogen (secondary N) is 1. The number of carbonyl (C=O) groups excluding carboxylic acids is 2. The summed E-state index contributed by atoms with van der Waals surface area (Å²) in [5.74, 6) is -0.143. The molecule has 3 heterocycles. The number of benzene rings is 1. The highest BCUT2D eigenvalue weighted by molar-refractivity contribution is 8.26. The van der Waals surface area contributed by atoms with Crippen molar-refractivity contribution in [2.24, 2.45) is 0 Å². The molecule has 1 aliphatic heterocycles. The molecule has 158 valence electrons. The Labute approximate surface area is 198 Å². The second-order valence-electron chi connectivity index (χ2n) is 6.72. The Morgan fingerprint density at radius 3 is 2.77 bits per heavy atom. The van der Waals surface area contributed by atoms with Crippen LogP contribution in [0.15, 0.2) is 58.1 Å². The highest BCUT2D eigenvalue weighted by Crippen LogP contribution is 2.33. The van der Waals surface area contributed by atoms with Gasteiger partial charge < -0.3 is 5.32 Å². The van der Waals surface area contributed by atoms with E-state index in [9.17, 15) is 9.59 Å². The summed E-state index contributed by atoms with van der Waals surface area (Å²) in [5, 5.41) is 7.74. The van der Waals surface area contributed by atoms with Gasteiger partial charge >= 0.3 is 0 Å². The largest absolute Gasteiger partial charge is 0.350 e. The van der Waals surface area contributed by atoms with Crippen LogP contribution in [-0.4, -0.2) is 32.6 Å². The number of aromatic nitrogens is 1. The molecule has 2 aromatic heterocycles. The van der Waals surface area contributed by atoms with E-state index in [1.807, 2.05) is 59.3 Å². The first-order chi connectivity index (χ1) is 15.1. The van der Waals surface area contributed by atoms with Gasteiger partial charge in [-0.1, -0.05) is 60.4 Å². The Kier molecular flexibility index (Phi) is 7.29. The summed E-state index contributed by atoms with van der Waals surface area (Å²) in [6.07, 6.45) is 2.75. The summed E-state index contributed by atoms with van der Waals surface area (Å²) in [7, 11) is 0. The van der Waals surface area contributed by atoms with Crippen molar-refractivity contribution in [3.8, 4) is 11.3 Å². The maximum atomic E-state index is 12.6. The predicted molar refractivity (Wildman–Crippen MR) is 133 cm³/mol. The van der Waals surface area contributed by atoms with Crippen LogP contribution in [0.25, 0.3) is 17.3 Å². The highest BCUT2D eigenvalue weighted by atomic mass is 32.2. The van der Waals surface area contributed by atoms with Crippen molar-refractivity contribution < 1.29 is 9.59 Å². The molecule has 5 nitrogen and oxygen atoms in total. The number of thiophene rings is 1. The Hall–Kier alpha value is -2.33. The fourth-order valence-corrected chi connectivity index (χ4v) is 5.76. The molecule has 4 rings (SSSR count). The summed E-state index contributed by atoms with van der Waals surface area (Å²) >= 11 is 9.77. The Bertz CT molecular complexity index is 1110. The second-order valence-corrected chi connectivity index (χ2v) is 10.3. The van der Waals surface area contributed by atoms with Gasteiger partial charge in [0, 0.05) is 28.8 Å². The average molecular weight is 486 g/mol. The van der Waals surface area contributed by atoms with E-state index in [1.165, 1.54) is 23.1 Å². The SMILES string of the molecule is O=C(CCCN1C(=O)/C(=C/c2cccs2)SC1=S)NCc1nc(-c2ccccc2)cs1. The Morgan fingerprint density at radius 1 is 1.16 bits per heavy atom. The molecule has 0 unspecified atom stereocenters. The maximum absolute atomic E-state index is 12.6. The van der Waals surface area contributed by atoms with Gasteiger partial charge in [-0.15, -0.1) is 22.7 Å². The van der Waals surface area contributed by atoms with Gasteiger partial charge in [0.1, 0.15) is 9.33 Å². The van der Waals surface area contributed by atoms with Crippen molar-refractivity contribution in [1.82, 2.24) is 15.2 Å². The number of thiocarbonyl (C=S) groups is 1. The number of hydrogen-bond donors (Lipinski definition) is 1. The molecule has 0 atom stereocenters. The first kappa shape index (κ1) is 21.9. The summed E-state index contributed by atoms with van der Waals surface area (Å²) in [4.78, 5) is 32.6. The summed E-state index contributed by atoms with van der Waals surface area (Å²) < 4.78 is 0.546. The van der Waals surface area contributed by atoms with Gasteiger partial charge in [0.05, 0.1) is 17.1 Å². The van der Waals surface area contributed by atoms with E-state index in [0.717, 1.165) is 21.1 Å². The number of thioether (sulfide) groups is 1. The lowest BCUT2D eigenvalue weighted by molar-refractivity contribution is -0.124. The number of thiazole rings is 1. The van der Waals surface area contributed by atoms with Crippen molar-refractivity contribution in [3.63, 3.8) is 0 Å². The van der Waals surface area contributed by atoms with Crippen LogP contribution in [0.2, 0.25) is 0 Å². The number of rotatable bonds is 8. The third kappa shape index (κ3) is 5.68. The molecule has 0 spiro atoms. The van der Waals surface area contributed by atoms with E-state index in [1.54, 1.807) is 16.2 Å². The molecule has 1 fully saturated rings. The number of hydrogen-bond acceptors (Lipinski definition) is 7. The zero-order valence-electron chi connectivity index (χ0n) is 16.4. The van der Waals surface area contributed by atoms with Gasteiger partial charge in [0.15, 0.2) is 0 Å². The molecule has 0 aliphatic carbocycles. The van der Waals surface area contributed by atoms with Gasteiger partial charge in [0.25, 0.3) is 5.91 Å². The van der Waals surface area contributed by atoms with E-state index in [0.29, 0.717) is 35.2 Å². The quantitative estimate of drug-likeness (QED) is 0.352.